The number of benzene rings is 1. The maximum atomic E-state index is 5.54. The van der Waals surface area contributed by atoms with Gasteiger partial charge in [-0.25, -0.2) is 4.99 Å². The summed E-state index contributed by atoms with van der Waals surface area (Å²) in [6, 6.07) is 9.06. The van der Waals surface area contributed by atoms with Crippen molar-refractivity contribution in [3.05, 3.63) is 29.8 Å². The molecule has 0 aromatic heterocycles. The van der Waals surface area contributed by atoms with Gasteiger partial charge in [0.05, 0.1) is 6.54 Å². The summed E-state index contributed by atoms with van der Waals surface area (Å²) in [5.74, 6) is 0. The second-order valence-corrected chi connectivity index (χ2v) is 5.55. The van der Waals surface area contributed by atoms with Crippen LogP contribution in [0.5, 0.6) is 0 Å². The van der Waals surface area contributed by atoms with E-state index in [4.69, 9.17) is 10.5 Å². The number of aryl methyl sites for hydroxylation is 1. The maximum absolute atomic E-state index is 5.54. The monoisotopic (exact) mass is 274 g/mol. The number of hydrogen-bond acceptors (Lipinski definition) is 5. The zero-order chi connectivity index (χ0) is 13.9. The molecule has 3 rings (SSSR count). The average Bonchev–Trinajstić information content (AvgIpc) is 2.85. The van der Waals surface area contributed by atoms with Gasteiger partial charge in [-0.2, -0.15) is 0 Å². The number of anilines is 1. The van der Waals surface area contributed by atoms with Crippen molar-refractivity contribution >= 4 is 11.7 Å². The molecule has 0 spiro atoms. The van der Waals surface area contributed by atoms with E-state index >= 15 is 0 Å². The highest BCUT2D eigenvalue weighted by Crippen LogP contribution is 2.18. The summed E-state index contributed by atoms with van der Waals surface area (Å²) >= 11 is 0. The fourth-order valence-corrected chi connectivity index (χ4v) is 2.83. The van der Waals surface area contributed by atoms with Gasteiger partial charge in [0.1, 0.15) is 6.10 Å². The second-order valence-electron chi connectivity index (χ2n) is 5.55. The minimum absolute atomic E-state index is 0.139. The van der Waals surface area contributed by atoms with Crippen LogP contribution in [0.2, 0.25) is 0 Å². The zero-order valence-electron chi connectivity index (χ0n) is 12.0. The molecule has 1 aromatic rings. The number of amidine groups is 1. The van der Waals surface area contributed by atoms with Gasteiger partial charge in [-0.15, -0.1) is 0 Å². The van der Waals surface area contributed by atoms with E-state index in [1.165, 1.54) is 11.3 Å². The fraction of sp³-hybridized carbons (Fsp3) is 0.533. The first-order valence-electron chi connectivity index (χ1n) is 7.21. The van der Waals surface area contributed by atoms with Gasteiger partial charge in [0, 0.05) is 38.4 Å². The molecule has 2 aliphatic rings. The molecule has 20 heavy (non-hydrogen) atoms. The van der Waals surface area contributed by atoms with E-state index in [0.717, 1.165) is 32.7 Å². The van der Waals surface area contributed by atoms with Crippen LogP contribution in [0.1, 0.15) is 5.56 Å². The minimum atomic E-state index is 0.139. The summed E-state index contributed by atoms with van der Waals surface area (Å²) in [4.78, 5) is 8.97. The van der Waals surface area contributed by atoms with Crippen molar-refractivity contribution in [1.29, 1.82) is 0 Å². The Labute approximate surface area is 120 Å². The van der Waals surface area contributed by atoms with Crippen molar-refractivity contribution in [2.24, 2.45) is 10.7 Å². The van der Waals surface area contributed by atoms with Gasteiger partial charge in [-0.1, -0.05) is 12.1 Å². The fourth-order valence-electron chi connectivity index (χ4n) is 2.83. The smallest absolute Gasteiger partial charge is 0.282 e. The van der Waals surface area contributed by atoms with Crippen molar-refractivity contribution in [3.63, 3.8) is 0 Å². The van der Waals surface area contributed by atoms with Crippen LogP contribution in [0.15, 0.2) is 29.3 Å². The number of nitrogens with two attached hydrogens (primary N) is 1. The zero-order valence-corrected chi connectivity index (χ0v) is 12.0. The molecular weight excluding hydrogens is 252 g/mol. The summed E-state index contributed by atoms with van der Waals surface area (Å²) in [5, 5.41) is 0. The lowest BCUT2D eigenvalue weighted by atomic mass is 10.2. The lowest BCUT2D eigenvalue weighted by Crippen LogP contribution is -2.49. The van der Waals surface area contributed by atoms with Gasteiger partial charge >= 0.3 is 0 Å². The molecule has 1 fully saturated rings. The predicted octanol–water partition coefficient (Wildman–Crippen LogP) is 0.831. The Balaban J connectivity index is 1.50. The summed E-state index contributed by atoms with van der Waals surface area (Å²) in [5.41, 5.74) is 8.19. The molecule has 5 heteroatoms. The lowest BCUT2D eigenvalue weighted by Gasteiger charge is -2.36. The molecule has 0 radical (unpaired) electrons. The summed E-state index contributed by atoms with van der Waals surface area (Å²) in [6.45, 7) is 8.01. The van der Waals surface area contributed by atoms with Gasteiger partial charge in [0.15, 0.2) is 0 Å². The van der Waals surface area contributed by atoms with Gasteiger partial charge in [-0.05, 0) is 24.6 Å². The highest BCUT2D eigenvalue weighted by atomic mass is 16.5. The van der Waals surface area contributed by atoms with Crippen LogP contribution in [-0.2, 0) is 4.74 Å². The number of ether oxygens (including phenoxy) is 1. The van der Waals surface area contributed by atoms with E-state index in [-0.39, 0.29) is 6.10 Å². The summed E-state index contributed by atoms with van der Waals surface area (Å²) in [6.07, 6.45) is 0.139. The van der Waals surface area contributed by atoms with Crippen LogP contribution in [0.4, 0.5) is 5.69 Å². The third-order valence-electron chi connectivity index (χ3n) is 3.94. The lowest BCUT2D eigenvalue weighted by molar-refractivity contribution is 0.139. The molecule has 0 saturated carbocycles. The van der Waals surface area contributed by atoms with Crippen LogP contribution in [0.25, 0.3) is 0 Å². The average molecular weight is 274 g/mol. The number of piperazine rings is 1. The number of aliphatic imine (C=N–C) groups is 1. The van der Waals surface area contributed by atoms with E-state index in [1.807, 2.05) is 0 Å². The van der Waals surface area contributed by atoms with Gasteiger partial charge in [-0.3, -0.25) is 4.90 Å². The van der Waals surface area contributed by atoms with E-state index in [0.29, 0.717) is 12.6 Å². The maximum Gasteiger partial charge on any atom is 0.282 e. The van der Waals surface area contributed by atoms with Crippen LogP contribution < -0.4 is 10.6 Å². The molecule has 1 aromatic carbocycles. The highest BCUT2D eigenvalue weighted by molar-refractivity contribution is 5.73. The number of hydrogen-bond donors (Lipinski definition) is 1. The van der Waals surface area contributed by atoms with E-state index in [2.05, 4.69) is 46.0 Å². The molecule has 2 heterocycles. The van der Waals surface area contributed by atoms with E-state index in [9.17, 15) is 0 Å². The topological polar surface area (TPSA) is 54.1 Å². The van der Waals surface area contributed by atoms with Gasteiger partial charge in [0.25, 0.3) is 6.02 Å². The third-order valence-corrected chi connectivity index (χ3v) is 3.94. The van der Waals surface area contributed by atoms with Gasteiger partial charge < -0.3 is 15.4 Å². The van der Waals surface area contributed by atoms with Crippen molar-refractivity contribution in [2.75, 3.05) is 44.2 Å². The van der Waals surface area contributed by atoms with Crippen molar-refractivity contribution in [1.82, 2.24) is 4.90 Å². The summed E-state index contributed by atoms with van der Waals surface area (Å²) < 4.78 is 5.46. The molecule has 0 bridgehead atoms. The van der Waals surface area contributed by atoms with Crippen molar-refractivity contribution in [3.8, 4) is 0 Å². The SMILES string of the molecule is Cc1cccc(N2CCN(CC3CN=C(N)O3)CC2)c1. The van der Waals surface area contributed by atoms with Gasteiger partial charge in [0.2, 0.25) is 0 Å². The quantitative estimate of drug-likeness (QED) is 0.887. The number of nitrogens with zero attached hydrogens (tertiary/aromatic N) is 3. The van der Waals surface area contributed by atoms with Crippen LogP contribution in [0, 0.1) is 6.92 Å². The molecule has 0 aliphatic carbocycles. The van der Waals surface area contributed by atoms with E-state index < -0.39 is 0 Å². The first-order valence-corrected chi connectivity index (χ1v) is 7.21. The third kappa shape index (κ3) is 3.04. The minimum Gasteiger partial charge on any atom is -0.459 e. The molecule has 2 N–H and O–H groups in total. The highest BCUT2D eigenvalue weighted by Gasteiger charge is 2.24. The molecule has 5 nitrogen and oxygen atoms in total. The largest absolute Gasteiger partial charge is 0.459 e. The van der Waals surface area contributed by atoms with Crippen LogP contribution in [-0.4, -0.2) is 56.3 Å². The second kappa shape index (κ2) is 5.71. The Morgan fingerprint density at radius 1 is 1.30 bits per heavy atom. The van der Waals surface area contributed by atoms with Crippen molar-refractivity contribution in [2.45, 2.75) is 13.0 Å². The molecule has 108 valence electrons. The first-order chi connectivity index (χ1) is 9.70. The molecule has 1 atom stereocenters. The summed E-state index contributed by atoms with van der Waals surface area (Å²) in [7, 11) is 0. The molecule has 1 saturated heterocycles. The van der Waals surface area contributed by atoms with Crippen LogP contribution >= 0.6 is 0 Å². The Morgan fingerprint density at radius 3 is 2.75 bits per heavy atom. The Kier molecular flexibility index (Phi) is 3.78. The molecular formula is C15H22N4O. The predicted molar refractivity (Wildman–Crippen MR) is 81.2 cm³/mol. The Hall–Kier alpha value is -1.75. The Morgan fingerprint density at radius 2 is 2.10 bits per heavy atom. The molecule has 2 aliphatic heterocycles. The molecule has 1 unspecified atom stereocenters. The standard InChI is InChI=1S/C15H22N4O/c1-12-3-2-4-13(9-12)19-7-5-18(6-8-19)11-14-10-17-15(16)20-14/h2-4,9,14H,5-8,10-11H2,1H3,(H2,16,17). The first kappa shape index (κ1) is 13.2. The van der Waals surface area contributed by atoms with Crippen LogP contribution in [0.3, 0.4) is 0 Å². The number of rotatable bonds is 3. The molecule has 0 amide bonds. The normalized spacial score (nSPS) is 23.6. The van der Waals surface area contributed by atoms with Crippen molar-refractivity contribution < 1.29 is 4.74 Å². The van der Waals surface area contributed by atoms with E-state index in [1.54, 1.807) is 0 Å². The Bertz CT molecular complexity index is 494.